The van der Waals surface area contributed by atoms with Crippen LogP contribution in [0.15, 0.2) is 30.3 Å². The van der Waals surface area contributed by atoms with E-state index in [4.69, 9.17) is 0 Å². The van der Waals surface area contributed by atoms with Crippen molar-refractivity contribution in [3.8, 4) is 0 Å². The molecule has 3 saturated heterocycles. The fraction of sp³-hybridized carbons (Fsp3) is 0.533. The fourth-order valence-electron chi connectivity index (χ4n) is 3.43. The van der Waals surface area contributed by atoms with E-state index in [1.807, 2.05) is 6.07 Å². The summed E-state index contributed by atoms with van der Waals surface area (Å²) in [7, 11) is 0. The SMILES string of the molecule is CC1(C)CC2CN(c3ccccc3)[C@@H]1CNC2=O. The molecule has 0 saturated carbocycles. The van der Waals surface area contributed by atoms with Crippen LogP contribution in [0.4, 0.5) is 5.69 Å². The number of carbonyl (C=O) groups is 1. The fourth-order valence-corrected chi connectivity index (χ4v) is 3.43. The van der Waals surface area contributed by atoms with Gasteiger partial charge in [-0.3, -0.25) is 4.79 Å². The number of fused-ring (bicyclic) bond motifs is 4. The molecule has 1 aromatic carbocycles. The highest BCUT2D eigenvalue weighted by molar-refractivity contribution is 5.81. The van der Waals surface area contributed by atoms with Crippen molar-refractivity contribution in [2.24, 2.45) is 11.3 Å². The lowest BCUT2D eigenvalue weighted by molar-refractivity contribution is -0.124. The summed E-state index contributed by atoms with van der Waals surface area (Å²) in [6.07, 6.45) is 0.993. The number of benzene rings is 1. The summed E-state index contributed by atoms with van der Waals surface area (Å²) in [4.78, 5) is 14.4. The van der Waals surface area contributed by atoms with Gasteiger partial charge in [-0.05, 0) is 24.0 Å². The Kier molecular flexibility index (Phi) is 2.58. The molecule has 0 aliphatic carbocycles. The molecular weight excluding hydrogens is 224 g/mol. The summed E-state index contributed by atoms with van der Waals surface area (Å²) in [5.41, 5.74) is 1.41. The minimum atomic E-state index is 0.124. The quantitative estimate of drug-likeness (QED) is 0.820. The molecular formula is C15H20N2O. The Morgan fingerprint density at radius 1 is 1.28 bits per heavy atom. The van der Waals surface area contributed by atoms with E-state index in [9.17, 15) is 4.79 Å². The van der Waals surface area contributed by atoms with Crippen LogP contribution in [0.2, 0.25) is 0 Å². The van der Waals surface area contributed by atoms with Gasteiger partial charge in [-0.2, -0.15) is 0 Å². The number of rotatable bonds is 1. The highest BCUT2D eigenvalue weighted by Gasteiger charge is 2.46. The lowest BCUT2D eigenvalue weighted by atomic mass is 9.73. The van der Waals surface area contributed by atoms with Crippen molar-refractivity contribution in [2.75, 3.05) is 18.0 Å². The zero-order chi connectivity index (χ0) is 12.8. The first-order chi connectivity index (χ1) is 8.58. The number of carbonyl (C=O) groups excluding carboxylic acids is 1. The number of piperidine rings is 1. The molecule has 3 aliphatic heterocycles. The molecule has 4 rings (SSSR count). The summed E-state index contributed by atoms with van der Waals surface area (Å²) in [5.74, 6) is 0.350. The van der Waals surface area contributed by atoms with Gasteiger partial charge in [0.1, 0.15) is 0 Å². The molecule has 0 radical (unpaired) electrons. The number of nitrogens with one attached hydrogen (secondary N) is 1. The van der Waals surface area contributed by atoms with Gasteiger partial charge in [-0.25, -0.2) is 0 Å². The molecule has 3 heterocycles. The lowest BCUT2D eigenvalue weighted by Gasteiger charge is -2.47. The number of nitrogens with zero attached hydrogens (tertiary/aromatic N) is 1. The number of anilines is 1. The Morgan fingerprint density at radius 2 is 2.00 bits per heavy atom. The Bertz CT molecular complexity index is 455. The zero-order valence-corrected chi connectivity index (χ0v) is 11.0. The van der Waals surface area contributed by atoms with Crippen molar-refractivity contribution in [1.82, 2.24) is 5.32 Å². The molecule has 3 heteroatoms. The van der Waals surface area contributed by atoms with Crippen molar-refractivity contribution < 1.29 is 4.79 Å². The maximum absolute atomic E-state index is 12.0. The van der Waals surface area contributed by atoms with Gasteiger partial charge in [0.25, 0.3) is 0 Å². The maximum Gasteiger partial charge on any atom is 0.224 e. The third kappa shape index (κ3) is 1.78. The Hall–Kier alpha value is -1.51. The lowest BCUT2D eigenvalue weighted by Crippen LogP contribution is -2.53. The highest BCUT2D eigenvalue weighted by Crippen LogP contribution is 2.41. The molecule has 2 bridgehead atoms. The third-order valence-electron chi connectivity index (χ3n) is 4.40. The average molecular weight is 244 g/mol. The zero-order valence-electron chi connectivity index (χ0n) is 11.0. The standard InChI is InChI=1S/C15H20N2O/c1-15(2)8-11-10-17(12-6-4-3-5-7-12)13(15)9-16-14(11)18/h3-7,11,13H,8-10H2,1-2H3,(H,16,18)/t11?,13-/m1/s1. The van der Waals surface area contributed by atoms with Gasteiger partial charge in [0, 0.05) is 18.8 Å². The Balaban J connectivity index is 1.99. The summed E-state index contributed by atoms with van der Waals surface area (Å²) < 4.78 is 0. The van der Waals surface area contributed by atoms with Crippen LogP contribution in [0, 0.1) is 11.3 Å². The minimum Gasteiger partial charge on any atom is -0.365 e. The van der Waals surface area contributed by atoms with Crippen molar-refractivity contribution >= 4 is 11.6 Å². The van der Waals surface area contributed by atoms with Gasteiger partial charge in [0.05, 0.1) is 12.0 Å². The van der Waals surface area contributed by atoms with Gasteiger partial charge in [-0.1, -0.05) is 32.0 Å². The summed E-state index contributed by atoms with van der Waals surface area (Å²) in [5, 5.41) is 3.08. The van der Waals surface area contributed by atoms with Crippen LogP contribution >= 0.6 is 0 Å². The summed E-state index contributed by atoms with van der Waals surface area (Å²) >= 11 is 0. The molecule has 0 aromatic heterocycles. The molecule has 3 fully saturated rings. The maximum atomic E-state index is 12.0. The molecule has 96 valence electrons. The number of para-hydroxylation sites is 1. The Morgan fingerprint density at radius 3 is 2.72 bits per heavy atom. The number of amides is 1. The normalized spacial score (nSPS) is 29.9. The largest absolute Gasteiger partial charge is 0.365 e. The van der Waals surface area contributed by atoms with E-state index in [1.54, 1.807) is 0 Å². The second-order valence-corrected chi connectivity index (χ2v) is 6.14. The van der Waals surface area contributed by atoms with Crippen LogP contribution in [0.5, 0.6) is 0 Å². The number of hydrogen-bond donors (Lipinski definition) is 1. The van der Waals surface area contributed by atoms with Gasteiger partial charge in [0.15, 0.2) is 0 Å². The average Bonchev–Trinajstić information content (AvgIpc) is 2.57. The molecule has 3 aliphatic rings. The van der Waals surface area contributed by atoms with Crippen molar-refractivity contribution in [3.63, 3.8) is 0 Å². The van der Waals surface area contributed by atoms with E-state index in [0.29, 0.717) is 6.04 Å². The van der Waals surface area contributed by atoms with Gasteiger partial charge in [-0.15, -0.1) is 0 Å². The molecule has 0 spiro atoms. The van der Waals surface area contributed by atoms with Crippen LogP contribution in [-0.4, -0.2) is 25.0 Å². The predicted molar refractivity (Wildman–Crippen MR) is 72.5 cm³/mol. The first-order valence-electron chi connectivity index (χ1n) is 6.67. The van der Waals surface area contributed by atoms with E-state index in [-0.39, 0.29) is 17.2 Å². The van der Waals surface area contributed by atoms with E-state index in [2.05, 4.69) is 48.3 Å². The van der Waals surface area contributed by atoms with Crippen LogP contribution in [-0.2, 0) is 4.79 Å². The molecule has 18 heavy (non-hydrogen) atoms. The second-order valence-electron chi connectivity index (χ2n) is 6.14. The van der Waals surface area contributed by atoms with Crippen LogP contribution in [0.3, 0.4) is 0 Å². The summed E-state index contributed by atoms with van der Waals surface area (Å²) in [6, 6.07) is 10.8. The number of hydrogen-bond acceptors (Lipinski definition) is 2. The van der Waals surface area contributed by atoms with Crippen molar-refractivity contribution in [3.05, 3.63) is 30.3 Å². The van der Waals surface area contributed by atoms with E-state index in [1.165, 1.54) is 5.69 Å². The van der Waals surface area contributed by atoms with E-state index >= 15 is 0 Å². The topological polar surface area (TPSA) is 32.3 Å². The molecule has 1 aromatic rings. The first kappa shape index (κ1) is 11.6. The smallest absolute Gasteiger partial charge is 0.224 e. The highest BCUT2D eigenvalue weighted by atomic mass is 16.2. The molecule has 1 amide bonds. The van der Waals surface area contributed by atoms with Crippen molar-refractivity contribution in [2.45, 2.75) is 26.3 Å². The van der Waals surface area contributed by atoms with Crippen molar-refractivity contribution in [1.29, 1.82) is 0 Å². The second kappa shape index (κ2) is 4.01. The van der Waals surface area contributed by atoms with E-state index in [0.717, 1.165) is 19.5 Å². The van der Waals surface area contributed by atoms with Gasteiger partial charge >= 0.3 is 0 Å². The van der Waals surface area contributed by atoms with Crippen LogP contribution in [0.1, 0.15) is 20.3 Å². The van der Waals surface area contributed by atoms with Gasteiger partial charge in [0.2, 0.25) is 5.91 Å². The molecule has 2 atom stereocenters. The summed E-state index contributed by atoms with van der Waals surface area (Å²) in [6.45, 7) is 6.17. The minimum absolute atomic E-state index is 0.124. The van der Waals surface area contributed by atoms with E-state index < -0.39 is 0 Å². The third-order valence-corrected chi connectivity index (χ3v) is 4.40. The molecule has 1 N–H and O–H groups in total. The van der Waals surface area contributed by atoms with Gasteiger partial charge < -0.3 is 10.2 Å². The molecule has 3 nitrogen and oxygen atoms in total. The predicted octanol–water partition coefficient (Wildman–Crippen LogP) is 2.04. The molecule has 1 unspecified atom stereocenters. The Labute approximate surface area is 108 Å². The van der Waals surface area contributed by atoms with Crippen LogP contribution in [0.25, 0.3) is 0 Å². The first-order valence-corrected chi connectivity index (χ1v) is 6.67. The monoisotopic (exact) mass is 244 g/mol. The van der Waals surface area contributed by atoms with Crippen LogP contribution < -0.4 is 10.2 Å².